The van der Waals surface area contributed by atoms with E-state index in [0.717, 1.165) is 107 Å². The zero-order valence-electron chi connectivity index (χ0n) is 47.2. The SMILES string of the molecule is COc1nc2[nH]cc(F)c2cc1Oc1cc(N2CCC3(CC2)CC(N2CCN(Cc4ccnc5c4OCC4(COC4)N5)C[C@H]2c2ccccc2C(C)C)C3)ccc1C(=O)NS(=O)(=O)c1cnc(NC[C@H]2CC[C@](C)(O)CC2)c([NH+](C)[O-])c1. The maximum absolute atomic E-state index is 15.0. The van der Waals surface area contributed by atoms with Crippen molar-refractivity contribution in [2.45, 2.75) is 113 Å². The minimum Gasteiger partial charge on any atom is -0.629 e. The Labute approximate surface area is 477 Å². The third-order valence-corrected chi connectivity index (χ3v) is 19.5. The van der Waals surface area contributed by atoms with Gasteiger partial charge in [-0.25, -0.2) is 27.5 Å². The summed E-state index contributed by atoms with van der Waals surface area (Å²) in [5, 5.41) is 29.9. The summed E-state index contributed by atoms with van der Waals surface area (Å²) in [6.45, 7) is 13.7. The van der Waals surface area contributed by atoms with Crippen LogP contribution in [-0.2, 0) is 21.3 Å². The monoisotopic (exact) mass is 1140 g/mol. The number of ether oxygens (including phenoxy) is 4. The predicted molar refractivity (Wildman–Crippen MR) is 308 cm³/mol. The Hall–Kier alpha value is -6.66. The van der Waals surface area contributed by atoms with Crippen LogP contribution in [0.1, 0.15) is 111 Å². The number of fused-ring (bicyclic) bond motifs is 2. The summed E-state index contributed by atoms with van der Waals surface area (Å²) in [5.74, 6) is 0.913. The van der Waals surface area contributed by atoms with Crippen molar-refractivity contribution in [3.05, 3.63) is 113 Å². The molecule has 0 radical (unpaired) electrons. The van der Waals surface area contributed by atoms with Gasteiger partial charge >= 0.3 is 0 Å². The fourth-order valence-electron chi connectivity index (χ4n) is 13.3. The third kappa shape index (κ3) is 11.2. The number of piperidine rings is 1. The minimum atomic E-state index is -4.60. The molecule has 6 aliphatic rings. The molecule has 12 rings (SSSR count). The van der Waals surface area contributed by atoms with E-state index < -0.39 is 32.4 Å². The largest absolute Gasteiger partial charge is 0.629 e. The summed E-state index contributed by atoms with van der Waals surface area (Å²) in [7, 11) is -1.89. The number of quaternary nitrogens is 1. The number of aromatic amines is 1. The van der Waals surface area contributed by atoms with Gasteiger partial charge < -0.3 is 54.8 Å². The zero-order valence-corrected chi connectivity index (χ0v) is 48.0. The average Bonchev–Trinajstić information content (AvgIpc) is 3.89. The molecule has 1 unspecified atom stereocenters. The van der Waals surface area contributed by atoms with Gasteiger partial charge in [0.1, 0.15) is 34.3 Å². The lowest BCUT2D eigenvalue weighted by Crippen LogP contribution is -2.98. The molecule has 8 heterocycles. The molecule has 4 aliphatic heterocycles. The number of methoxy groups -OCH3 is 1. The van der Waals surface area contributed by atoms with Crippen molar-refractivity contribution in [2.75, 3.05) is 88.8 Å². The van der Waals surface area contributed by atoms with Crippen LogP contribution in [-0.4, -0.2) is 140 Å². The molecule has 6 aromatic rings. The number of hydroxylamine groups is 1. The number of nitrogens with one attached hydrogen (secondary N) is 5. The van der Waals surface area contributed by atoms with Crippen LogP contribution in [0.4, 0.5) is 27.4 Å². The standard InChI is InChI=1S/C60H74FN11O9S/c1-37(2)43-8-6-7-9-44(43)49-33-70(32-39-14-19-62-55-52(39)80-36-60(67-55)34-79-35-60)22-23-72(49)41-27-59(28-41)17-20-71(21-18-59)40-10-11-45(50(24-40)81-51-26-46-47(61)31-65-53(46)66-57(51)78-5)56(73)68-82(76,77)42-25-48(69(4)75)54(64-30-42)63-29-38-12-15-58(3,74)16-13-38/h6-11,14,19,24-26,30-31,37-38,41,49,69,74H,12-13,15-18,20-23,27-29,32-36H2,1-5H3,(H,62,67)(H,63,64)(H,65,66)(H,68,73)/t38-,49-,58-/m0/s1. The number of hydrogen-bond acceptors (Lipinski definition) is 17. The van der Waals surface area contributed by atoms with E-state index in [1.165, 1.54) is 49.7 Å². The first kappa shape index (κ1) is 55.9. The molecule has 2 saturated carbocycles. The number of carbonyl (C=O) groups excluding carboxylic acids is 1. The summed E-state index contributed by atoms with van der Waals surface area (Å²) in [6.07, 6.45) is 11.1. The molecule has 2 spiro atoms. The highest BCUT2D eigenvalue weighted by Crippen LogP contribution is 2.54. The molecule has 82 heavy (non-hydrogen) atoms. The number of piperazine rings is 1. The molecule has 5 fully saturated rings. The first-order valence-corrected chi connectivity index (χ1v) is 30.2. The second-order valence-electron chi connectivity index (χ2n) is 24.3. The Bertz CT molecular complexity index is 3460. The van der Waals surface area contributed by atoms with Crippen LogP contribution in [0.5, 0.6) is 23.1 Å². The number of nitrogens with zero attached hydrogens (tertiary/aromatic N) is 6. The predicted octanol–water partition coefficient (Wildman–Crippen LogP) is 7.41. The molecule has 4 aromatic heterocycles. The number of amides is 1. The normalized spacial score (nSPS) is 23.1. The van der Waals surface area contributed by atoms with E-state index >= 15 is 0 Å². The van der Waals surface area contributed by atoms with Gasteiger partial charge in [0.05, 0.1) is 50.1 Å². The summed E-state index contributed by atoms with van der Waals surface area (Å²) < 4.78 is 69.2. The molecule has 2 aromatic carbocycles. The Morgan fingerprint density at radius 3 is 2.51 bits per heavy atom. The maximum Gasteiger partial charge on any atom is 0.268 e. The summed E-state index contributed by atoms with van der Waals surface area (Å²) in [6, 6.07) is 19.3. The minimum absolute atomic E-state index is 0.00654. The van der Waals surface area contributed by atoms with Crippen molar-refractivity contribution >= 4 is 50.0 Å². The number of sulfonamides is 1. The van der Waals surface area contributed by atoms with Gasteiger partial charge in [-0.1, -0.05) is 38.1 Å². The van der Waals surface area contributed by atoms with Crippen molar-refractivity contribution in [2.24, 2.45) is 11.3 Å². The van der Waals surface area contributed by atoms with E-state index in [0.29, 0.717) is 51.2 Å². The van der Waals surface area contributed by atoms with Crippen LogP contribution >= 0.6 is 0 Å². The lowest BCUT2D eigenvalue weighted by atomic mass is 9.59. The number of anilines is 3. The number of benzene rings is 2. The molecule has 3 saturated heterocycles. The first-order chi connectivity index (χ1) is 39.4. The van der Waals surface area contributed by atoms with Crippen LogP contribution in [0.2, 0.25) is 0 Å². The summed E-state index contributed by atoms with van der Waals surface area (Å²) in [5.41, 5.74) is 4.09. The molecule has 0 bridgehead atoms. The second-order valence-corrected chi connectivity index (χ2v) is 26.0. The quantitative estimate of drug-likeness (QED) is 0.0518. The highest BCUT2D eigenvalue weighted by molar-refractivity contribution is 7.90. The molecule has 436 valence electrons. The van der Waals surface area contributed by atoms with Crippen molar-refractivity contribution in [3.8, 4) is 23.1 Å². The molecule has 2 aliphatic carbocycles. The highest BCUT2D eigenvalue weighted by Gasteiger charge is 2.50. The van der Waals surface area contributed by atoms with Gasteiger partial charge in [0, 0.05) is 99.7 Å². The van der Waals surface area contributed by atoms with Gasteiger partial charge in [-0.15, -0.1) is 0 Å². The molecule has 6 N–H and O–H groups in total. The number of carbonyl (C=O) groups is 1. The number of hydrogen-bond donors (Lipinski definition) is 6. The van der Waals surface area contributed by atoms with E-state index in [-0.39, 0.29) is 73.3 Å². The summed E-state index contributed by atoms with van der Waals surface area (Å²) in [4.78, 5) is 37.7. The van der Waals surface area contributed by atoms with Gasteiger partial charge in [0.2, 0.25) is 0 Å². The number of aromatic nitrogens is 4. The molecular formula is C60H74FN11O9S. The molecular weight excluding hydrogens is 1070 g/mol. The number of pyridine rings is 3. The fraction of sp³-hybridized carbons (Fsp3) is 0.500. The van der Waals surface area contributed by atoms with Gasteiger partial charge in [0.25, 0.3) is 21.8 Å². The van der Waals surface area contributed by atoms with Gasteiger partial charge in [-0.3, -0.25) is 14.6 Å². The number of rotatable bonds is 16. The second kappa shape index (κ2) is 22.2. The number of H-pyrrole nitrogens is 1. The number of aliphatic hydroxyl groups is 1. The van der Waals surface area contributed by atoms with Crippen LogP contribution in [0, 0.1) is 22.4 Å². The Balaban J connectivity index is 0.751. The number of halogens is 1. The van der Waals surface area contributed by atoms with Gasteiger partial charge in [-0.2, -0.15) is 4.98 Å². The summed E-state index contributed by atoms with van der Waals surface area (Å²) >= 11 is 0. The van der Waals surface area contributed by atoms with Gasteiger partial charge in [-0.05, 0) is 105 Å². The Morgan fingerprint density at radius 2 is 1.78 bits per heavy atom. The third-order valence-electron chi connectivity index (χ3n) is 18.2. The van der Waals surface area contributed by atoms with E-state index in [1.807, 2.05) is 13.1 Å². The Kier molecular flexibility index (Phi) is 15.1. The molecule has 22 heteroatoms. The first-order valence-electron chi connectivity index (χ1n) is 28.7. The van der Waals surface area contributed by atoms with E-state index in [4.69, 9.17) is 18.9 Å². The highest BCUT2D eigenvalue weighted by atomic mass is 32.2. The average molecular weight is 1140 g/mol. The van der Waals surface area contributed by atoms with E-state index in [2.05, 4.69) is 94.2 Å². The molecule has 1 amide bonds. The molecule has 20 nitrogen and oxygen atoms in total. The fourth-order valence-corrected chi connectivity index (χ4v) is 14.2. The maximum atomic E-state index is 15.0. The lowest BCUT2D eigenvalue weighted by molar-refractivity contribution is -0.751. The van der Waals surface area contributed by atoms with Crippen molar-refractivity contribution in [1.29, 1.82) is 0 Å². The zero-order chi connectivity index (χ0) is 57.1. The van der Waals surface area contributed by atoms with Crippen LogP contribution in [0.3, 0.4) is 0 Å². The van der Waals surface area contributed by atoms with Crippen LogP contribution < -0.4 is 39.5 Å². The Morgan fingerprint density at radius 1 is 1.00 bits per heavy atom. The van der Waals surface area contributed by atoms with Crippen LogP contribution in [0.15, 0.2) is 84.1 Å². The van der Waals surface area contributed by atoms with Gasteiger partial charge in [0.15, 0.2) is 28.8 Å². The smallest absolute Gasteiger partial charge is 0.268 e. The molecule has 2 atom stereocenters. The van der Waals surface area contributed by atoms with Crippen molar-refractivity contribution < 1.29 is 46.7 Å². The van der Waals surface area contributed by atoms with E-state index in [1.54, 1.807) is 12.1 Å². The van der Waals surface area contributed by atoms with E-state index in [9.17, 15) is 27.9 Å². The topological polar surface area (TPSA) is 236 Å². The van der Waals surface area contributed by atoms with Crippen LogP contribution in [0.25, 0.3) is 11.0 Å². The van der Waals surface area contributed by atoms with Crippen molar-refractivity contribution in [1.82, 2.24) is 34.5 Å². The van der Waals surface area contributed by atoms with Crippen molar-refractivity contribution in [3.63, 3.8) is 0 Å². The lowest BCUT2D eigenvalue weighted by Gasteiger charge is -2.58.